The fraction of sp³-hybridized carbons (Fsp3) is 0.143. The Kier molecular flexibility index (Phi) is 5.93. The smallest absolute Gasteiger partial charge is 0.346 e. The zero-order chi connectivity index (χ0) is 18.6. The second-order valence-electron chi connectivity index (χ2n) is 4.35. The van der Waals surface area contributed by atoms with Crippen molar-refractivity contribution in [2.24, 2.45) is 5.18 Å². The van der Waals surface area contributed by atoms with Crippen LogP contribution in [0.3, 0.4) is 0 Å². The number of nitroso groups, excluding NO2 is 1. The van der Waals surface area contributed by atoms with Gasteiger partial charge in [0.2, 0.25) is 0 Å². The maximum Gasteiger partial charge on any atom is 0.346 e. The number of carbonyl (C=O) groups is 2. The standard InChI is InChI=1S/C14H10N2O7S2/c1-22-12(17)10-11(13(18)23-2)25-14(24-10)9(15-19)7-5-3-4-6-8(7)16(20)21/h3-6H,1-2H3. The second-order valence-corrected chi connectivity index (χ2v) is 6.65. The minimum Gasteiger partial charge on any atom is -0.465 e. The number of para-hydroxylation sites is 1. The van der Waals surface area contributed by atoms with Crippen LogP contribution < -0.4 is 0 Å². The highest BCUT2D eigenvalue weighted by Crippen LogP contribution is 2.53. The largest absolute Gasteiger partial charge is 0.465 e. The van der Waals surface area contributed by atoms with Gasteiger partial charge in [-0.3, -0.25) is 10.1 Å². The van der Waals surface area contributed by atoms with Gasteiger partial charge in [-0.05, 0) is 11.2 Å². The van der Waals surface area contributed by atoms with Gasteiger partial charge in [0.05, 0.1) is 28.9 Å². The molecule has 2 rings (SSSR count). The van der Waals surface area contributed by atoms with Gasteiger partial charge < -0.3 is 9.47 Å². The summed E-state index contributed by atoms with van der Waals surface area (Å²) in [5.74, 6) is -1.58. The van der Waals surface area contributed by atoms with Crippen molar-refractivity contribution >= 4 is 46.8 Å². The molecule has 0 aliphatic carbocycles. The molecule has 1 aliphatic rings. The van der Waals surface area contributed by atoms with E-state index in [0.717, 1.165) is 37.7 Å². The van der Waals surface area contributed by atoms with E-state index in [2.05, 4.69) is 14.7 Å². The van der Waals surface area contributed by atoms with Crippen molar-refractivity contribution in [3.63, 3.8) is 0 Å². The summed E-state index contributed by atoms with van der Waals surface area (Å²) in [6.45, 7) is 0. The first-order valence-corrected chi connectivity index (χ1v) is 8.15. The Morgan fingerprint density at radius 3 is 2.04 bits per heavy atom. The molecule has 1 aromatic rings. The summed E-state index contributed by atoms with van der Waals surface area (Å²) in [5, 5.41) is 14.0. The number of methoxy groups -OCH3 is 2. The molecule has 11 heteroatoms. The third-order valence-electron chi connectivity index (χ3n) is 2.98. The quantitative estimate of drug-likeness (QED) is 0.327. The number of carbonyl (C=O) groups excluding carboxylic acids is 2. The molecular formula is C14H10N2O7S2. The van der Waals surface area contributed by atoms with E-state index in [9.17, 15) is 24.6 Å². The van der Waals surface area contributed by atoms with Crippen LogP contribution in [0.1, 0.15) is 5.56 Å². The molecule has 0 fully saturated rings. The first-order chi connectivity index (χ1) is 11.9. The molecule has 0 atom stereocenters. The number of nitrogens with zero attached hydrogens (tertiary/aromatic N) is 2. The highest BCUT2D eigenvalue weighted by Gasteiger charge is 2.35. The first-order valence-electron chi connectivity index (χ1n) is 6.52. The minimum atomic E-state index is -0.791. The van der Waals surface area contributed by atoms with E-state index in [4.69, 9.17) is 0 Å². The first kappa shape index (κ1) is 18.7. The average molecular weight is 382 g/mol. The van der Waals surface area contributed by atoms with Crippen molar-refractivity contribution in [1.29, 1.82) is 0 Å². The van der Waals surface area contributed by atoms with Crippen molar-refractivity contribution < 1.29 is 24.0 Å². The van der Waals surface area contributed by atoms with Crippen LogP contribution in [0.4, 0.5) is 5.69 Å². The molecule has 0 aromatic heterocycles. The molecule has 1 heterocycles. The zero-order valence-corrected chi connectivity index (χ0v) is 14.5. The molecular weight excluding hydrogens is 372 g/mol. The molecule has 0 N–H and O–H groups in total. The summed E-state index contributed by atoms with van der Waals surface area (Å²) in [4.78, 5) is 45.4. The molecule has 0 saturated carbocycles. The number of hydrogen-bond donors (Lipinski definition) is 0. The van der Waals surface area contributed by atoms with Gasteiger partial charge in [-0.1, -0.05) is 35.7 Å². The number of nitro groups is 1. The summed E-state index contributed by atoms with van der Waals surface area (Å²) < 4.78 is 9.36. The van der Waals surface area contributed by atoms with Crippen molar-refractivity contribution in [1.82, 2.24) is 0 Å². The van der Waals surface area contributed by atoms with Crippen LogP contribution in [0.25, 0.3) is 5.70 Å². The lowest BCUT2D eigenvalue weighted by Crippen LogP contribution is -2.08. The lowest BCUT2D eigenvalue weighted by Gasteiger charge is -2.04. The lowest BCUT2D eigenvalue weighted by molar-refractivity contribution is -0.385. The highest BCUT2D eigenvalue weighted by molar-refractivity contribution is 8.29. The molecule has 0 unspecified atom stereocenters. The molecule has 0 bridgehead atoms. The number of esters is 2. The van der Waals surface area contributed by atoms with E-state index >= 15 is 0 Å². The minimum absolute atomic E-state index is 0.0205. The topological polar surface area (TPSA) is 125 Å². The van der Waals surface area contributed by atoms with Crippen LogP contribution in [0.5, 0.6) is 0 Å². The molecule has 0 amide bonds. The van der Waals surface area contributed by atoms with Crippen LogP contribution in [0.2, 0.25) is 0 Å². The van der Waals surface area contributed by atoms with Crippen molar-refractivity contribution in [2.75, 3.05) is 14.2 Å². The maximum atomic E-state index is 11.9. The normalized spacial score (nSPS) is 13.4. The van der Waals surface area contributed by atoms with Gasteiger partial charge in [0.25, 0.3) is 5.69 Å². The van der Waals surface area contributed by atoms with E-state index in [1.165, 1.54) is 24.3 Å². The van der Waals surface area contributed by atoms with E-state index in [-0.39, 0.29) is 31.0 Å². The monoisotopic (exact) mass is 382 g/mol. The predicted molar refractivity (Wildman–Crippen MR) is 92.1 cm³/mol. The highest BCUT2D eigenvalue weighted by atomic mass is 32.2. The zero-order valence-electron chi connectivity index (χ0n) is 12.9. The Morgan fingerprint density at radius 1 is 1.08 bits per heavy atom. The molecule has 1 aromatic carbocycles. The van der Waals surface area contributed by atoms with E-state index in [0.29, 0.717) is 0 Å². The van der Waals surface area contributed by atoms with Gasteiger partial charge in [-0.25, -0.2) is 9.59 Å². The lowest BCUT2D eigenvalue weighted by atomic mass is 10.1. The Labute approximate surface area is 149 Å². The van der Waals surface area contributed by atoms with E-state index in [1.54, 1.807) is 0 Å². The summed E-state index contributed by atoms with van der Waals surface area (Å²) in [6.07, 6.45) is 0. The van der Waals surface area contributed by atoms with Crippen LogP contribution >= 0.6 is 23.5 Å². The molecule has 9 nitrogen and oxygen atoms in total. The van der Waals surface area contributed by atoms with Crippen LogP contribution in [-0.4, -0.2) is 31.1 Å². The van der Waals surface area contributed by atoms with Gasteiger partial charge in [0.1, 0.15) is 15.5 Å². The van der Waals surface area contributed by atoms with Crippen molar-refractivity contribution in [3.05, 3.63) is 58.9 Å². The van der Waals surface area contributed by atoms with Gasteiger partial charge in [-0.15, -0.1) is 4.91 Å². The number of nitro benzene ring substituents is 1. The van der Waals surface area contributed by atoms with E-state index < -0.39 is 16.9 Å². The molecule has 1 aliphatic heterocycles. The fourth-order valence-corrected chi connectivity index (χ4v) is 4.34. The molecule has 0 radical (unpaired) electrons. The third kappa shape index (κ3) is 3.72. The van der Waals surface area contributed by atoms with Crippen LogP contribution in [0, 0.1) is 15.0 Å². The number of rotatable bonds is 5. The average Bonchev–Trinajstić information content (AvgIpc) is 3.06. The van der Waals surface area contributed by atoms with E-state index in [1.807, 2.05) is 0 Å². The number of ether oxygens (including phenoxy) is 2. The Morgan fingerprint density at radius 2 is 1.60 bits per heavy atom. The molecule has 130 valence electrons. The SMILES string of the molecule is COC(=O)C1=C(C(=O)OC)SC(=C(N=O)c2ccccc2[N+](=O)[O-])S1. The maximum absolute atomic E-state index is 11.9. The summed E-state index contributed by atoms with van der Waals surface area (Å²) in [7, 11) is 2.27. The Balaban J connectivity index is 2.57. The summed E-state index contributed by atoms with van der Waals surface area (Å²) in [5.41, 5.74) is -0.590. The fourth-order valence-electron chi connectivity index (χ4n) is 1.88. The van der Waals surface area contributed by atoms with Crippen molar-refractivity contribution in [3.8, 4) is 0 Å². The van der Waals surface area contributed by atoms with Crippen LogP contribution in [0.15, 0.2) is 43.5 Å². The van der Waals surface area contributed by atoms with Crippen molar-refractivity contribution in [2.45, 2.75) is 0 Å². The van der Waals surface area contributed by atoms with Gasteiger partial charge in [0.15, 0.2) is 0 Å². The van der Waals surface area contributed by atoms with Gasteiger partial charge in [-0.2, -0.15) is 0 Å². The molecule has 25 heavy (non-hydrogen) atoms. The summed E-state index contributed by atoms with van der Waals surface area (Å²) in [6, 6.07) is 5.54. The third-order valence-corrected chi connectivity index (χ3v) is 5.51. The van der Waals surface area contributed by atoms with Crippen LogP contribution in [-0.2, 0) is 19.1 Å². The summed E-state index contributed by atoms with van der Waals surface area (Å²) >= 11 is 1.55. The number of thioether (sulfide) groups is 2. The molecule has 0 spiro atoms. The number of hydrogen-bond acceptors (Lipinski definition) is 10. The Hall–Kier alpha value is -2.66. The second kappa shape index (κ2) is 7.94. The van der Waals surface area contributed by atoms with Gasteiger partial charge in [0, 0.05) is 6.07 Å². The molecule has 0 saturated heterocycles. The number of benzene rings is 1. The Bertz CT molecular complexity index is 802. The predicted octanol–water partition coefficient (Wildman–Crippen LogP) is 3.02. The van der Waals surface area contributed by atoms with Gasteiger partial charge >= 0.3 is 11.9 Å².